The summed E-state index contributed by atoms with van der Waals surface area (Å²) in [6, 6.07) is 11.9. The highest BCUT2D eigenvalue weighted by Gasteiger charge is 2.19. The number of nitrogens with zero attached hydrogens (tertiary/aromatic N) is 2. The first-order chi connectivity index (χ1) is 12.5. The van der Waals surface area contributed by atoms with Crippen LogP contribution in [0.25, 0.3) is 0 Å². The predicted molar refractivity (Wildman–Crippen MR) is 96.0 cm³/mol. The number of furan rings is 2. The highest BCUT2D eigenvalue weighted by Crippen LogP contribution is 2.18. The number of aromatic nitrogens is 1. The Balaban J connectivity index is 1.63. The van der Waals surface area contributed by atoms with E-state index in [9.17, 15) is 9.59 Å². The van der Waals surface area contributed by atoms with E-state index in [1.165, 1.54) is 10.6 Å². The summed E-state index contributed by atoms with van der Waals surface area (Å²) >= 11 is 0. The number of rotatable bonds is 7. The van der Waals surface area contributed by atoms with Crippen LogP contribution in [0.3, 0.4) is 0 Å². The summed E-state index contributed by atoms with van der Waals surface area (Å²) in [7, 11) is 3.84. The molecule has 1 atom stereocenters. The van der Waals surface area contributed by atoms with Gasteiger partial charge in [-0.2, -0.15) is 0 Å². The molecule has 0 saturated heterocycles. The molecule has 0 aromatic carbocycles. The van der Waals surface area contributed by atoms with E-state index >= 15 is 0 Å². The lowest BCUT2D eigenvalue weighted by Gasteiger charge is -2.22. The van der Waals surface area contributed by atoms with Crippen molar-refractivity contribution in [3.8, 4) is 0 Å². The Morgan fingerprint density at radius 2 is 2.04 bits per heavy atom. The highest BCUT2D eigenvalue weighted by atomic mass is 16.4. The molecular formula is C19H21N3O4. The fourth-order valence-corrected chi connectivity index (χ4v) is 2.64. The Bertz CT molecular complexity index is 909. The molecular weight excluding hydrogens is 334 g/mol. The van der Waals surface area contributed by atoms with E-state index in [0.29, 0.717) is 12.3 Å². The third kappa shape index (κ3) is 4.12. The quantitative estimate of drug-likeness (QED) is 0.702. The van der Waals surface area contributed by atoms with Crippen molar-refractivity contribution in [2.24, 2.45) is 0 Å². The Hall–Kier alpha value is -3.06. The molecule has 1 unspecified atom stereocenters. The summed E-state index contributed by atoms with van der Waals surface area (Å²) in [5.74, 6) is 1.22. The minimum absolute atomic E-state index is 0.0775. The van der Waals surface area contributed by atoms with Gasteiger partial charge in [-0.05, 0) is 44.4 Å². The fourth-order valence-electron chi connectivity index (χ4n) is 2.64. The topological polar surface area (TPSA) is 80.6 Å². The first kappa shape index (κ1) is 17.8. The molecule has 3 heterocycles. The summed E-state index contributed by atoms with van der Waals surface area (Å²) in [6.45, 7) is 0.660. The molecule has 7 nitrogen and oxygen atoms in total. The van der Waals surface area contributed by atoms with Crippen LogP contribution in [0.1, 0.15) is 28.1 Å². The zero-order valence-corrected chi connectivity index (χ0v) is 14.7. The molecule has 1 amide bonds. The normalized spacial score (nSPS) is 12.3. The van der Waals surface area contributed by atoms with Crippen molar-refractivity contribution in [2.75, 3.05) is 20.6 Å². The maximum absolute atomic E-state index is 12.4. The first-order valence-electron chi connectivity index (χ1n) is 8.27. The molecule has 3 aromatic heterocycles. The van der Waals surface area contributed by atoms with Crippen molar-refractivity contribution < 1.29 is 13.6 Å². The molecule has 7 heteroatoms. The minimum atomic E-state index is -0.310. The summed E-state index contributed by atoms with van der Waals surface area (Å²) < 4.78 is 12.5. The van der Waals surface area contributed by atoms with E-state index in [0.717, 1.165) is 5.76 Å². The van der Waals surface area contributed by atoms with E-state index in [-0.39, 0.29) is 29.8 Å². The zero-order valence-electron chi connectivity index (χ0n) is 14.7. The zero-order chi connectivity index (χ0) is 18.5. The molecule has 0 spiro atoms. The van der Waals surface area contributed by atoms with Crippen LogP contribution in [0.15, 0.2) is 68.6 Å². The molecule has 0 saturated carbocycles. The number of nitrogens with one attached hydrogen (secondary N) is 1. The lowest BCUT2D eigenvalue weighted by molar-refractivity contribution is 0.0909. The smallest absolute Gasteiger partial charge is 0.287 e. The van der Waals surface area contributed by atoms with Crippen LogP contribution in [0, 0.1) is 0 Å². The average molecular weight is 355 g/mol. The van der Waals surface area contributed by atoms with Crippen molar-refractivity contribution in [1.29, 1.82) is 0 Å². The van der Waals surface area contributed by atoms with Crippen LogP contribution in [-0.2, 0) is 6.54 Å². The van der Waals surface area contributed by atoms with E-state index in [4.69, 9.17) is 8.83 Å². The first-order valence-corrected chi connectivity index (χ1v) is 8.27. The largest absolute Gasteiger partial charge is 0.468 e. The predicted octanol–water partition coefficient (Wildman–Crippen LogP) is 2.12. The summed E-state index contributed by atoms with van der Waals surface area (Å²) in [6.07, 6.45) is 3.29. The standard InChI is InChI=1S/C19H21N3O4/c1-21(2)15(16-6-5-11-25-16)12-20-19(24)17-9-8-14(26-17)13-22-10-4-3-7-18(22)23/h3-11,15H,12-13H2,1-2H3,(H,20,24). The molecule has 3 aromatic rings. The maximum Gasteiger partial charge on any atom is 0.287 e. The number of carbonyl (C=O) groups is 1. The molecule has 0 bridgehead atoms. The Labute approximate surface area is 150 Å². The maximum atomic E-state index is 12.4. The summed E-state index contributed by atoms with van der Waals surface area (Å²) in [5.41, 5.74) is -0.123. The van der Waals surface area contributed by atoms with E-state index < -0.39 is 0 Å². The second kappa shape index (κ2) is 7.88. The van der Waals surface area contributed by atoms with Gasteiger partial charge in [0.1, 0.15) is 11.5 Å². The molecule has 1 N–H and O–H groups in total. The number of carbonyl (C=O) groups excluding carboxylic acids is 1. The summed E-state index contributed by atoms with van der Waals surface area (Å²) in [4.78, 5) is 26.1. The highest BCUT2D eigenvalue weighted by molar-refractivity contribution is 5.91. The Kier molecular flexibility index (Phi) is 5.38. The third-order valence-electron chi connectivity index (χ3n) is 4.06. The molecule has 0 radical (unpaired) electrons. The van der Waals surface area contributed by atoms with Crippen molar-refractivity contribution in [3.63, 3.8) is 0 Å². The SMILES string of the molecule is CN(C)C(CNC(=O)c1ccc(Cn2ccccc2=O)o1)c1ccco1. The lowest BCUT2D eigenvalue weighted by atomic mass is 10.2. The average Bonchev–Trinajstić information content (AvgIpc) is 3.29. The van der Waals surface area contributed by atoms with Crippen LogP contribution in [0.4, 0.5) is 0 Å². The van der Waals surface area contributed by atoms with Crippen molar-refractivity contribution in [1.82, 2.24) is 14.8 Å². The molecule has 136 valence electrons. The number of likely N-dealkylation sites (N-methyl/N-ethyl adjacent to an activating group) is 1. The number of hydrogen-bond donors (Lipinski definition) is 1. The fraction of sp³-hybridized carbons (Fsp3) is 0.263. The lowest BCUT2D eigenvalue weighted by Crippen LogP contribution is -2.34. The van der Waals surface area contributed by atoms with Gasteiger partial charge >= 0.3 is 0 Å². The van der Waals surface area contributed by atoms with Crippen LogP contribution >= 0.6 is 0 Å². The van der Waals surface area contributed by atoms with E-state index in [1.807, 2.05) is 31.1 Å². The van der Waals surface area contributed by atoms with Crippen molar-refractivity contribution >= 4 is 5.91 Å². The van der Waals surface area contributed by atoms with Crippen LogP contribution < -0.4 is 10.9 Å². The Morgan fingerprint density at radius 1 is 1.19 bits per heavy atom. The molecule has 0 aliphatic heterocycles. The monoisotopic (exact) mass is 355 g/mol. The molecule has 0 aliphatic carbocycles. The van der Waals surface area contributed by atoms with Gasteiger partial charge in [0.05, 0.1) is 18.8 Å². The van der Waals surface area contributed by atoms with Crippen LogP contribution in [0.5, 0.6) is 0 Å². The van der Waals surface area contributed by atoms with E-state index in [2.05, 4.69) is 5.32 Å². The van der Waals surface area contributed by atoms with Crippen LogP contribution in [0.2, 0.25) is 0 Å². The number of hydrogen-bond acceptors (Lipinski definition) is 5. The van der Waals surface area contributed by atoms with Gasteiger partial charge < -0.3 is 18.7 Å². The van der Waals surface area contributed by atoms with Gasteiger partial charge in [0, 0.05) is 18.8 Å². The van der Waals surface area contributed by atoms with Gasteiger partial charge in [0.2, 0.25) is 0 Å². The molecule has 26 heavy (non-hydrogen) atoms. The Morgan fingerprint density at radius 3 is 2.73 bits per heavy atom. The second-order valence-corrected chi connectivity index (χ2v) is 6.14. The number of pyridine rings is 1. The van der Waals surface area contributed by atoms with Gasteiger partial charge in [0.25, 0.3) is 11.5 Å². The van der Waals surface area contributed by atoms with Crippen molar-refractivity contribution in [2.45, 2.75) is 12.6 Å². The van der Waals surface area contributed by atoms with Gasteiger partial charge in [-0.1, -0.05) is 6.07 Å². The van der Waals surface area contributed by atoms with Crippen LogP contribution in [-0.4, -0.2) is 36.0 Å². The van der Waals surface area contributed by atoms with Gasteiger partial charge in [-0.3, -0.25) is 14.5 Å². The minimum Gasteiger partial charge on any atom is -0.468 e. The van der Waals surface area contributed by atoms with Gasteiger partial charge in [-0.25, -0.2) is 0 Å². The van der Waals surface area contributed by atoms with Gasteiger partial charge in [-0.15, -0.1) is 0 Å². The molecule has 0 fully saturated rings. The number of amides is 1. The summed E-state index contributed by atoms with van der Waals surface area (Å²) in [5, 5.41) is 2.85. The van der Waals surface area contributed by atoms with Crippen molar-refractivity contribution in [3.05, 3.63) is 82.6 Å². The second-order valence-electron chi connectivity index (χ2n) is 6.14. The van der Waals surface area contributed by atoms with E-state index in [1.54, 1.807) is 36.7 Å². The third-order valence-corrected chi connectivity index (χ3v) is 4.06. The molecule has 0 aliphatic rings. The van der Waals surface area contributed by atoms with Gasteiger partial charge in [0.15, 0.2) is 5.76 Å². The molecule has 3 rings (SSSR count).